The van der Waals surface area contributed by atoms with Gasteiger partial charge in [-0.2, -0.15) is 5.10 Å². The number of carbonyl (C=O) groups is 1. The SMILES string of the molecule is Cc1ccc(OCC(=O)N/N=C\c2cc(Cl)cc(Cl)c2O)c(C)c1. The maximum absolute atomic E-state index is 11.7. The third-order valence-electron chi connectivity index (χ3n) is 3.14. The van der Waals surface area contributed by atoms with Gasteiger partial charge in [-0.25, -0.2) is 5.43 Å². The van der Waals surface area contributed by atoms with E-state index in [4.69, 9.17) is 27.9 Å². The molecule has 2 aromatic rings. The van der Waals surface area contributed by atoms with Gasteiger partial charge < -0.3 is 9.84 Å². The van der Waals surface area contributed by atoms with E-state index >= 15 is 0 Å². The average molecular weight is 367 g/mol. The molecule has 0 aliphatic rings. The predicted octanol–water partition coefficient (Wildman–Crippen LogP) is 3.84. The monoisotopic (exact) mass is 366 g/mol. The van der Waals surface area contributed by atoms with Crippen LogP contribution in [-0.2, 0) is 4.79 Å². The van der Waals surface area contributed by atoms with Crippen molar-refractivity contribution >= 4 is 35.3 Å². The Balaban J connectivity index is 1.91. The van der Waals surface area contributed by atoms with Gasteiger partial charge in [-0.3, -0.25) is 4.79 Å². The van der Waals surface area contributed by atoms with Crippen molar-refractivity contribution in [1.82, 2.24) is 5.43 Å². The van der Waals surface area contributed by atoms with Crippen molar-refractivity contribution in [2.45, 2.75) is 13.8 Å². The molecular weight excluding hydrogens is 351 g/mol. The van der Waals surface area contributed by atoms with E-state index in [9.17, 15) is 9.90 Å². The van der Waals surface area contributed by atoms with Gasteiger partial charge >= 0.3 is 0 Å². The fraction of sp³-hybridized carbons (Fsp3) is 0.176. The number of aryl methyl sites for hydroxylation is 2. The second-order valence-corrected chi connectivity index (χ2v) is 6.02. The minimum atomic E-state index is -0.432. The summed E-state index contributed by atoms with van der Waals surface area (Å²) in [5.74, 6) is 0.0448. The van der Waals surface area contributed by atoms with Gasteiger partial charge in [0.05, 0.1) is 11.2 Å². The van der Waals surface area contributed by atoms with E-state index in [0.29, 0.717) is 16.3 Å². The van der Waals surface area contributed by atoms with Gasteiger partial charge in [-0.05, 0) is 37.6 Å². The number of phenols is 1. The van der Waals surface area contributed by atoms with Gasteiger partial charge in [0.25, 0.3) is 5.91 Å². The summed E-state index contributed by atoms with van der Waals surface area (Å²) in [5, 5.41) is 14.0. The molecular formula is C17H16Cl2N2O3. The standard InChI is InChI=1S/C17H16Cl2N2O3/c1-10-3-4-15(11(2)5-10)24-9-16(22)21-20-8-12-6-13(18)7-14(19)17(12)23/h3-8,23H,9H2,1-2H3,(H,21,22)/b20-8-. The predicted molar refractivity (Wildman–Crippen MR) is 95.3 cm³/mol. The number of aromatic hydroxyl groups is 1. The first-order chi connectivity index (χ1) is 11.4. The highest BCUT2D eigenvalue weighted by molar-refractivity contribution is 6.36. The van der Waals surface area contributed by atoms with Gasteiger partial charge in [0.2, 0.25) is 0 Å². The lowest BCUT2D eigenvalue weighted by atomic mass is 10.1. The highest BCUT2D eigenvalue weighted by Crippen LogP contribution is 2.29. The molecule has 7 heteroatoms. The maximum Gasteiger partial charge on any atom is 0.277 e. The molecule has 0 atom stereocenters. The van der Waals surface area contributed by atoms with Crippen molar-refractivity contribution in [1.29, 1.82) is 0 Å². The number of halogens is 2. The Labute approximate surface area is 149 Å². The molecule has 2 rings (SSSR count). The Morgan fingerprint density at radius 1 is 1.29 bits per heavy atom. The van der Waals surface area contributed by atoms with Gasteiger partial charge in [0.1, 0.15) is 11.5 Å². The molecule has 0 saturated heterocycles. The van der Waals surface area contributed by atoms with Gasteiger partial charge in [-0.1, -0.05) is 40.9 Å². The van der Waals surface area contributed by atoms with E-state index in [2.05, 4.69) is 10.5 Å². The number of hydrazone groups is 1. The van der Waals surface area contributed by atoms with E-state index in [1.54, 1.807) is 0 Å². The molecule has 0 unspecified atom stereocenters. The van der Waals surface area contributed by atoms with Gasteiger partial charge in [0, 0.05) is 10.6 Å². The summed E-state index contributed by atoms with van der Waals surface area (Å²) >= 11 is 11.6. The number of rotatable bonds is 5. The lowest BCUT2D eigenvalue weighted by Gasteiger charge is -2.08. The normalized spacial score (nSPS) is 10.8. The Morgan fingerprint density at radius 3 is 2.75 bits per heavy atom. The van der Waals surface area contributed by atoms with E-state index in [1.807, 2.05) is 32.0 Å². The molecule has 0 bridgehead atoms. The Kier molecular flexibility index (Phi) is 6.06. The van der Waals surface area contributed by atoms with Crippen molar-refractivity contribution in [2.24, 2.45) is 5.10 Å². The quantitative estimate of drug-likeness (QED) is 0.623. The van der Waals surface area contributed by atoms with E-state index in [0.717, 1.165) is 11.1 Å². The van der Waals surface area contributed by atoms with Crippen molar-refractivity contribution in [2.75, 3.05) is 6.61 Å². The zero-order chi connectivity index (χ0) is 17.7. The number of hydrogen-bond donors (Lipinski definition) is 2. The first-order valence-electron chi connectivity index (χ1n) is 7.07. The van der Waals surface area contributed by atoms with Crippen LogP contribution in [0.2, 0.25) is 10.0 Å². The van der Waals surface area contributed by atoms with Crippen LogP contribution in [0.1, 0.15) is 16.7 Å². The number of nitrogens with one attached hydrogen (secondary N) is 1. The number of carbonyl (C=O) groups excluding carboxylic acids is 1. The third-order valence-corrected chi connectivity index (χ3v) is 3.65. The molecule has 0 aromatic heterocycles. The summed E-state index contributed by atoms with van der Waals surface area (Å²) in [7, 11) is 0. The van der Waals surface area contributed by atoms with Crippen molar-refractivity contribution in [3.63, 3.8) is 0 Å². The smallest absolute Gasteiger partial charge is 0.277 e. The number of amides is 1. The van der Waals surface area contributed by atoms with Crippen LogP contribution >= 0.6 is 23.2 Å². The maximum atomic E-state index is 11.7. The molecule has 0 heterocycles. The Hall–Kier alpha value is -2.24. The molecule has 0 radical (unpaired) electrons. The zero-order valence-corrected chi connectivity index (χ0v) is 14.6. The third kappa shape index (κ3) is 4.88. The van der Waals surface area contributed by atoms with Crippen LogP contribution in [0.3, 0.4) is 0 Å². The van der Waals surface area contributed by atoms with Crippen molar-refractivity contribution in [3.8, 4) is 11.5 Å². The van der Waals surface area contributed by atoms with Crippen LogP contribution in [0.4, 0.5) is 0 Å². The number of phenolic OH excluding ortho intramolecular Hbond substituents is 1. The summed E-state index contributed by atoms with van der Waals surface area (Å²) in [5.41, 5.74) is 4.67. The summed E-state index contributed by atoms with van der Waals surface area (Å²) in [6.07, 6.45) is 1.25. The van der Waals surface area contributed by atoms with Crippen LogP contribution in [0.15, 0.2) is 35.4 Å². The van der Waals surface area contributed by atoms with E-state index in [-0.39, 0.29) is 17.4 Å². The minimum absolute atomic E-state index is 0.105. The van der Waals surface area contributed by atoms with Crippen molar-refractivity contribution < 1.29 is 14.6 Å². The Morgan fingerprint density at radius 2 is 2.04 bits per heavy atom. The fourth-order valence-corrected chi connectivity index (χ4v) is 2.50. The first kappa shape index (κ1) is 18.1. The lowest BCUT2D eigenvalue weighted by molar-refractivity contribution is -0.123. The highest BCUT2D eigenvalue weighted by atomic mass is 35.5. The second kappa shape index (κ2) is 8.04. The number of nitrogens with zero attached hydrogens (tertiary/aromatic N) is 1. The molecule has 126 valence electrons. The van der Waals surface area contributed by atoms with Crippen LogP contribution in [0.5, 0.6) is 11.5 Å². The minimum Gasteiger partial charge on any atom is -0.506 e. The first-order valence-corrected chi connectivity index (χ1v) is 7.82. The van der Waals surface area contributed by atoms with Crippen molar-refractivity contribution in [3.05, 3.63) is 57.1 Å². The molecule has 0 aliphatic carbocycles. The fourth-order valence-electron chi connectivity index (χ4n) is 1.99. The molecule has 5 nitrogen and oxygen atoms in total. The molecule has 0 fully saturated rings. The molecule has 0 saturated carbocycles. The Bertz CT molecular complexity index is 792. The van der Waals surface area contributed by atoms with Crippen LogP contribution in [0, 0.1) is 13.8 Å². The lowest BCUT2D eigenvalue weighted by Crippen LogP contribution is -2.24. The molecule has 24 heavy (non-hydrogen) atoms. The average Bonchev–Trinajstić information content (AvgIpc) is 2.51. The summed E-state index contributed by atoms with van der Waals surface area (Å²) in [6.45, 7) is 3.71. The molecule has 2 N–H and O–H groups in total. The molecule has 2 aromatic carbocycles. The van der Waals surface area contributed by atoms with Gasteiger partial charge in [-0.15, -0.1) is 0 Å². The summed E-state index contributed by atoms with van der Waals surface area (Å²) < 4.78 is 5.44. The largest absolute Gasteiger partial charge is 0.506 e. The number of ether oxygens (including phenoxy) is 1. The second-order valence-electron chi connectivity index (χ2n) is 5.18. The van der Waals surface area contributed by atoms with Crippen LogP contribution in [0.25, 0.3) is 0 Å². The molecule has 0 aliphatic heterocycles. The number of hydrogen-bond acceptors (Lipinski definition) is 4. The number of benzene rings is 2. The van der Waals surface area contributed by atoms with E-state index < -0.39 is 5.91 Å². The van der Waals surface area contributed by atoms with Gasteiger partial charge in [0.15, 0.2) is 6.61 Å². The topological polar surface area (TPSA) is 70.9 Å². The molecule has 1 amide bonds. The summed E-state index contributed by atoms with van der Waals surface area (Å²) in [4.78, 5) is 11.7. The summed E-state index contributed by atoms with van der Waals surface area (Å²) in [6, 6.07) is 8.57. The van der Waals surface area contributed by atoms with E-state index in [1.165, 1.54) is 18.3 Å². The van der Waals surface area contributed by atoms with Crippen LogP contribution in [-0.4, -0.2) is 23.8 Å². The zero-order valence-electron chi connectivity index (χ0n) is 13.1. The molecule has 0 spiro atoms. The van der Waals surface area contributed by atoms with Crippen LogP contribution < -0.4 is 10.2 Å². The highest BCUT2D eigenvalue weighted by Gasteiger charge is 2.07.